The number of amides is 1. The lowest BCUT2D eigenvalue weighted by Gasteiger charge is -2.13. The number of carbonyl (C=O) groups is 1. The molecule has 0 radical (unpaired) electrons. The first-order valence-corrected chi connectivity index (χ1v) is 16.2. The monoisotopic (exact) mass is 596 g/mol. The Morgan fingerprint density at radius 3 is 2.45 bits per heavy atom. The highest BCUT2D eigenvalue weighted by molar-refractivity contribution is 7.90. The minimum atomic E-state index is -3.88. The van der Waals surface area contributed by atoms with Crippen LogP contribution in [0, 0.1) is 0 Å². The number of para-hydroxylation sites is 2. The van der Waals surface area contributed by atoms with Crippen LogP contribution in [0.2, 0.25) is 0 Å². The van der Waals surface area contributed by atoms with Crippen molar-refractivity contribution in [2.24, 2.45) is 0 Å². The highest BCUT2D eigenvalue weighted by Crippen LogP contribution is 2.36. The van der Waals surface area contributed by atoms with Gasteiger partial charge in [-0.05, 0) is 53.1 Å². The number of nitrogens with two attached hydrogens (primary N) is 1. The third kappa shape index (κ3) is 7.16. The Labute approximate surface area is 237 Å². The summed E-state index contributed by atoms with van der Waals surface area (Å²) in [5.41, 5.74) is 8.98. The Kier molecular flexibility index (Phi) is 8.74. The van der Waals surface area contributed by atoms with E-state index in [4.69, 9.17) is 5.73 Å². The van der Waals surface area contributed by atoms with Crippen molar-refractivity contribution in [2.75, 3.05) is 17.3 Å². The van der Waals surface area contributed by atoms with E-state index in [0.717, 1.165) is 26.2 Å². The van der Waals surface area contributed by atoms with E-state index in [1.54, 1.807) is 36.4 Å². The van der Waals surface area contributed by atoms with Crippen LogP contribution < -0.4 is 15.8 Å². The Bertz CT molecular complexity index is 1770. The van der Waals surface area contributed by atoms with Crippen LogP contribution in [0.15, 0.2) is 97.9 Å². The number of rotatable bonds is 11. The van der Waals surface area contributed by atoms with Crippen molar-refractivity contribution in [1.29, 1.82) is 0 Å². The summed E-state index contributed by atoms with van der Waals surface area (Å²) < 4.78 is 53.1. The summed E-state index contributed by atoms with van der Waals surface area (Å²) in [6.45, 7) is 3.94. The van der Waals surface area contributed by atoms with Gasteiger partial charge in [-0.3, -0.25) is 8.77 Å². The van der Waals surface area contributed by atoms with Crippen molar-refractivity contribution in [2.45, 2.75) is 11.8 Å². The van der Waals surface area contributed by atoms with Gasteiger partial charge >= 0.3 is 0 Å². The first-order chi connectivity index (χ1) is 19.0. The predicted molar refractivity (Wildman–Crippen MR) is 162 cm³/mol. The lowest BCUT2D eigenvalue weighted by atomic mass is 10.1. The number of carbonyl (C=O) groups excluding carboxylic acids is 1. The Morgan fingerprint density at radius 1 is 1.05 bits per heavy atom. The molecule has 0 aliphatic rings. The van der Waals surface area contributed by atoms with Crippen LogP contribution in [0.25, 0.3) is 16.5 Å². The molecule has 1 unspecified atom stereocenters. The number of hydrogen-bond acceptors (Lipinski definition) is 7. The van der Waals surface area contributed by atoms with Crippen molar-refractivity contribution in [3.8, 4) is 10.4 Å². The molecule has 2 aromatic carbocycles. The summed E-state index contributed by atoms with van der Waals surface area (Å²) in [7, 11) is -7.17. The van der Waals surface area contributed by atoms with Crippen molar-refractivity contribution in [1.82, 2.24) is 8.69 Å². The van der Waals surface area contributed by atoms with Gasteiger partial charge in [0.25, 0.3) is 0 Å². The number of nitrogen functional groups attached to an aromatic ring is 1. The number of nitrogens with one attached hydrogen (secondary N) is 2. The van der Waals surface area contributed by atoms with Gasteiger partial charge in [-0.25, -0.2) is 21.6 Å². The van der Waals surface area contributed by atoms with Gasteiger partial charge in [-0.1, -0.05) is 42.5 Å². The number of thiophene rings is 1. The second-order valence-corrected chi connectivity index (χ2v) is 13.8. The van der Waals surface area contributed by atoms with Gasteiger partial charge < -0.3 is 11.1 Å². The molecule has 2 aromatic heterocycles. The van der Waals surface area contributed by atoms with Gasteiger partial charge in [0.05, 0.1) is 17.6 Å². The molecule has 0 bridgehead atoms. The lowest BCUT2D eigenvalue weighted by Crippen LogP contribution is -2.21. The molecule has 12 heteroatoms. The molecule has 4 N–H and O–H groups in total. The highest BCUT2D eigenvalue weighted by atomic mass is 32.2. The number of benzene rings is 2. The molecular formula is C28H28N4O5S3. The zero-order valence-corrected chi connectivity index (χ0v) is 24.0. The first kappa shape index (κ1) is 29.0. The third-order valence-corrected chi connectivity index (χ3v) is 9.79. The molecule has 0 fully saturated rings. The number of sulfonamides is 1. The van der Waals surface area contributed by atoms with Crippen LogP contribution in [0.1, 0.15) is 21.3 Å². The van der Waals surface area contributed by atoms with Crippen LogP contribution in [0.4, 0.5) is 11.4 Å². The molecule has 0 saturated carbocycles. The average molecular weight is 597 g/mol. The first-order valence-electron chi connectivity index (χ1n) is 12.0. The van der Waals surface area contributed by atoms with E-state index >= 15 is 0 Å². The van der Waals surface area contributed by atoms with Crippen molar-refractivity contribution >= 4 is 54.7 Å². The summed E-state index contributed by atoms with van der Waals surface area (Å²) >= 11 is 1.33. The highest BCUT2D eigenvalue weighted by Gasteiger charge is 2.27. The van der Waals surface area contributed by atoms with E-state index in [1.165, 1.54) is 42.0 Å². The molecule has 4 aromatic rings. The van der Waals surface area contributed by atoms with Gasteiger partial charge in [-0.2, -0.15) is 0 Å². The smallest absolute Gasteiger partial charge is 0.249 e. The van der Waals surface area contributed by atoms with Gasteiger partial charge in [-0.15, -0.1) is 17.9 Å². The summed E-state index contributed by atoms with van der Waals surface area (Å²) in [5, 5.41) is 1.69. The van der Waals surface area contributed by atoms with Crippen molar-refractivity contribution < 1.29 is 21.6 Å². The molecule has 4 rings (SSSR count). The van der Waals surface area contributed by atoms with Crippen LogP contribution in [0.3, 0.4) is 0 Å². The normalized spacial score (nSPS) is 12.8. The molecule has 40 heavy (non-hydrogen) atoms. The third-order valence-electron chi connectivity index (χ3n) is 5.85. The summed E-state index contributed by atoms with van der Waals surface area (Å²) in [4.78, 5) is 13.7. The fourth-order valence-electron chi connectivity index (χ4n) is 3.78. The van der Waals surface area contributed by atoms with Crippen molar-refractivity contribution in [3.63, 3.8) is 0 Å². The second kappa shape index (κ2) is 12.0. The topological polar surface area (TPSA) is 140 Å². The fraction of sp³-hybridized carbons (Fsp3) is 0.107. The van der Waals surface area contributed by atoms with E-state index in [2.05, 4.69) is 16.6 Å². The minimum Gasteiger partial charge on any atom is -0.397 e. The molecule has 0 aliphatic heterocycles. The van der Waals surface area contributed by atoms with Gasteiger partial charge in [0.2, 0.25) is 26.0 Å². The number of nitrogens with zero attached hydrogens (tertiary/aromatic N) is 1. The second-order valence-electron chi connectivity index (χ2n) is 8.88. The molecule has 9 nitrogen and oxygen atoms in total. The molecule has 2 heterocycles. The van der Waals surface area contributed by atoms with Gasteiger partial charge in [0.1, 0.15) is 5.25 Å². The van der Waals surface area contributed by atoms with Crippen LogP contribution in [-0.4, -0.2) is 33.0 Å². The number of hydrogen-bond donors (Lipinski definition) is 3. The van der Waals surface area contributed by atoms with E-state index in [9.17, 15) is 21.6 Å². The molecule has 1 amide bonds. The Morgan fingerprint density at radius 2 is 1.77 bits per heavy atom. The zero-order chi connectivity index (χ0) is 28.9. The zero-order valence-electron chi connectivity index (χ0n) is 21.5. The molecular weight excluding hydrogens is 569 g/mol. The molecule has 208 valence electrons. The number of anilines is 2. The van der Waals surface area contributed by atoms with Crippen LogP contribution in [-0.2, 0) is 31.4 Å². The fourth-order valence-corrected chi connectivity index (χ4v) is 7.09. The maximum Gasteiger partial charge on any atom is 0.249 e. The van der Waals surface area contributed by atoms with E-state index in [1.807, 2.05) is 30.3 Å². The quantitative estimate of drug-likeness (QED) is 0.131. The minimum absolute atomic E-state index is 0.186. The SMILES string of the molecule is C=CC(c1ccc(-c2ccc(CNS(C)(=O)=O)cc2)s1)S(=O)(=O)n1ccc(/C=C/C(=O)Nc2ccccc2N)c1. The van der Waals surface area contributed by atoms with Gasteiger partial charge in [0, 0.05) is 34.8 Å². The molecule has 0 spiro atoms. The van der Waals surface area contributed by atoms with Crippen LogP contribution in [0.5, 0.6) is 0 Å². The van der Waals surface area contributed by atoms with E-state index < -0.39 is 31.2 Å². The maximum atomic E-state index is 13.5. The lowest BCUT2D eigenvalue weighted by molar-refractivity contribution is -0.111. The summed E-state index contributed by atoms with van der Waals surface area (Å²) in [6, 6.07) is 19.4. The summed E-state index contributed by atoms with van der Waals surface area (Å²) in [5.74, 6) is -0.400. The maximum absolute atomic E-state index is 13.5. The van der Waals surface area contributed by atoms with E-state index in [0.29, 0.717) is 21.8 Å². The summed E-state index contributed by atoms with van der Waals surface area (Å²) in [6.07, 6.45) is 8.17. The Hall–Kier alpha value is -3.97. The van der Waals surface area contributed by atoms with E-state index in [-0.39, 0.29) is 6.54 Å². The average Bonchev–Trinajstić information content (AvgIpc) is 3.59. The standard InChI is InChI=1S/C28H28N4O5S3/c1-3-27(26-14-13-25(38-26)22-11-8-20(9-12-22)18-30-39(2,34)35)40(36,37)32-17-16-21(19-32)10-15-28(33)31-24-7-5-4-6-23(24)29/h3-17,19,27,30H,1,18,29H2,2H3,(H,31,33)/b15-10+. The molecule has 1 atom stereocenters. The largest absolute Gasteiger partial charge is 0.397 e. The van der Waals surface area contributed by atoms with Crippen molar-refractivity contribution in [3.05, 3.63) is 114 Å². The molecule has 0 saturated heterocycles. The molecule has 0 aliphatic carbocycles. The number of aromatic nitrogens is 1. The van der Waals surface area contributed by atoms with Gasteiger partial charge in [0.15, 0.2) is 0 Å². The predicted octanol–water partition coefficient (Wildman–Crippen LogP) is 4.61. The van der Waals surface area contributed by atoms with Crippen LogP contribution >= 0.6 is 11.3 Å². The Balaban J connectivity index is 1.46.